The Morgan fingerprint density at radius 2 is 1.62 bits per heavy atom. The quantitative estimate of drug-likeness (QED) is 0.327. The number of methoxy groups -OCH3 is 1. The Balaban J connectivity index is 1.48. The zero-order valence-corrected chi connectivity index (χ0v) is 23.3. The summed E-state index contributed by atoms with van der Waals surface area (Å²) in [6.07, 6.45) is 0.802. The van der Waals surface area contributed by atoms with E-state index in [0.717, 1.165) is 11.1 Å². The number of hydrogen-bond acceptors (Lipinski definition) is 7. The van der Waals surface area contributed by atoms with E-state index in [2.05, 4.69) is 10.6 Å². The van der Waals surface area contributed by atoms with Gasteiger partial charge in [0.2, 0.25) is 11.8 Å². The Labute approximate surface area is 234 Å². The summed E-state index contributed by atoms with van der Waals surface area (Å²) < 4.78 is 15.7. The lowest BCUT2D eigenvalue weighted by atomic mass is 9.89. The van der Waals surface area contributed by atoms with Crippen LogP contribution in [-0.2, 0) is 41.5 Å². The second kappa shape index (κ2) is 13.2. The van der Waals surface area contributed by atoms with Crippen molar-refractivity contribution in [3.05, 3.63) is 65.7 Å². The number of epoxide rings is 1. The lowest BCUT2D eigenvalue weighted by Gasteiger charge is -2.26. The normalized spacial score (nSPS) is 20.4. The summed E-state index contributed by atoms with van der Waals surface area (Å²) in [4.78, 5) is 52.6. The van der Waals surface area contributed by atoms with Crippen molar-refractivity contribution in [1.29, 1.82) is 0 Å². The Morgan fingerprint density at radius 1 is 0.975 bits per heavy atom. The molecule has 2 fully saturated rings. The van der Waals surface area contributed by atoms with Crippen molar-refractivity contribution in [2.24, 2.45) is 11.8 Å². The summed E-state index contributed by atoms with van der Waals surface area (Å²) in [7, 11) is 1.57. The lowest BCUT2D eigenvalue weighted by Crippen LogP contribution is -2.50. The van der Waals surface area contributed by atoms with E-state index in [-0.39, 0.29) is 36.2 Å². The van der Waals surface area contributed by atoms with Crippen molar-refractivity contribution in [3.8, 4) is 5.75 Å². The molecule has 2 amide bonds. The van der Waals surface area contributed by atoms with Crippen molar-refractivity contribution in [2.45, 2.75) is 57.2 Å². The van der Waals surface area contributed by atoms with Gasteiger partial charge in [-0.3, -0.25) is 19.2 Å². The number of nitrogens with one attached hydrogen (secondary N) is 2. The van der Waals surface area contributed by atoms with Crippen LogP contribution in [0.1, 0.15) is 37.8 Å². The highest BCUT2D eigenvalue weighted by atomic mass is 16.6. The first-order valence-corrected chi connectivity index (χ1v) is 13.7. The molecule has 2 aliphatic rings. The summed E-state index contributed by atoms with van der Waals surface area (Å²) in [6.45, 7) is 4.76. The van der Waals surface area contributed by atoms with Crippen LogP contribution in [0, 0.1) is 11.8 Å². The van der Waals surface area contributed by atoms with Gasteiger partial charge in [-0.2, -0.15) is 0 Å². The van der Waals surface area contributed by atoms with Crippen LogP contribution in [0.4, 0.5) is 0 Å². The van der Waals surface area contributed by atoms with E-state index in [9.17, 15) is 19.2 Å². The van der Waals surface area contributed by atoms with Crippen LogP contribution in [-0.4, -0.2) is 68.0 Å². The molecule has 2 saturated heterocycles. The maximum absolute atomic E-state index is 13.7. The standard InChI is InChI=1S/C31H38N2O7/c1-20(32-28(35)15-23-17-39-18-23)27(34)16-24(13-22-9-11-25(38-3)12-10-22)30(37)33-26(29(36)31(2)19-40-31)14-21-7-5-4-6-8-21/h4-12,20,23-24,26H,13-19H2,1-3H3,(H,32,35)(H,33,37). The predicted molar refractivity (Wildman–Crippen MR) is 148 cm³/mol. The average Bonchev–Trinajstić information content (AvgIpc) is 3.68. The molecule has 0 saturated carbocycles. The molecule has 2 aliphatic heterocycles. The number of ketones is 2. The van der Waals surface area contributed by atoms with Crippen LogP contribution in [0.5, 0.6) is 5.75 Å². The van der Waals surface area contributed by atoms with Crippen LogP contribution in [0.3, 0.4) is 0 Å². The minimum absolute atomic E-state index is 0.0914. The topological polar surface area (TPSA) is 123 Å². The average molecular weight is 551 g/mol. The van der Waals surface area contributed by atoms with E-state index in [1.807, 2.05) is 42.5 Å². The van der Waals surface area contributed by atoms with Gasteiger partial charge in [-0.05, 0) is 49.9 Å². The molecule has 4 atom stereocenters. The molecule has 214 valence electrons. The first-order chi connectivity index (χ1) is 19.2. The predicted octanol–water partition coefficient (Wildman–Crippen LogP) is 2.44. The minimum Gasteiger partial charge on any atom is -0.497 e. The van der Waals surface area contributed by atoms with Gasteiger partial charge in [0.25, 0.3) is 0 Å². The lowest BCUT2D eigenvalue weighted by molar-refractivity contribution is -0.135. The largest absolute Gasteiger partial charge is 0.497 e. The second-order valence-electron chi connectivity index (χ2n) is 11.0. The van der Waals surface area contributed by atoms with E-state index in [1.165, 1.54) is 0 Å². The van der Waals surface area contributed by atoms with Gasteiger partial charge in [-0.1, -0.05) is 42.5 Å². The van der Waals surface area contributed by atoms with Gasteiger partial charge in [0.15, 0.2) is 11.6 Å². The van der Waals surface area contributed by atoms with Crippen molar-refractivity contribution in [2.75, 3.05) is 26.9 Å². The Kier molecular flexibility index (Phi) is 9.71. The molecule has 2 heterocycles. The van der Waals surface area contributed by atoms with E-state index >= 15 is 0 Å². The Hall–Kier alpha value is -3.56. The SMILES string of the molecule is COc1ccc(CC(CC(=O)C(C)NC(=O)CC2COC2)C(=O)NC(Cc2ccccc2)C(=O)C2(C)CO2)cc1. The molecule has 0 aromatic heterocycles. The summed E-state index contributed by atoms with van der Waals surface area (Å²) in [5, 5.41) is 5.69. The van der Waals surface area contributed by atoms with Gasteiger partial charge in [-0.15, -0.1) is 0 Å². The number of Topliss-reactive ketones (excluding diaryl/α,β-unsaturated/α-hetero) is 2. The van der Waals surface area contributed by atoms with Crippen LogP contribution >= 0.6 is 0 Å². The number of rotatable bonds is 15. The van der Waals surface area contributed by atoms with Gasteiger partial charge in [-0.25, -0.2) is 0 Å². The summed E-state index contributed by atoms with van der Waals surface area (Å²) in [5.41, 5.74) is 0.832. The van der Waals surface area contributed by atoms with Gasteiger partial charge in [0.1, 0.15) is 11.4 Å². The van der Waals surface area contributed by atoms with Gasteiger partial charge < -0.3 is 24.8 Å². The number of amides is 2. The zero-order valence-electron chi connectivity index (χ0n) is 23.3. The smallest absolute Gasteiger partial charge is 0.224 e. The molecule has 4 unspecified atom stereocenters. The molecule has 0 bridgehead atoms. The van der Waals surface area contributed by atoms with Crippen molar-refractivity contribution >= 4 is 23.4 Å². The van der Waals surface area contributed by atoms with Crippen molar-refractivity contribution in [3.63, 3.8) is 0 Å². The minimum atomic E-state index is -0.918. The molecule has 40 heavy (non-hydrogen) atoms. The molecule has 9 heteroatoms. The van der Waals surface area contributed by atoms with Gasteiger partial charge in [0, 0.05) is 24.7 Å². The second-order valence-corrected chi connectivity index (χ2v) is 11.0. The fourth-order valence-electron chi connectivity index (χ4n) is 4.74. The fourth-order valence-corrected chi connectivity index (χ4v) is 4.74. The third-order valence-electron chi connectivity index (χ3n) is 7.52. The van der Waals surface area contributed by atoms with Crippen LogP contribution in [0.2, 0.25) is 0 Å². The molecule has 2 aromatic carbocycles. The number of hydrogen-bond donors (Lipinski definition) is 2. The first-order valence-electron chi connectivity index (χ1n) is 13.7. The third kappa shape index (κ3) is 7.99. The van der Waals surface area contributed by atoms with Crippen LogP contribution in [0.15, 0.2) is 54.6 Å². The molecule has 2 N–H and O–H groups in total. The van der Waals surface area contributed by atoms with Crippen molar-refractivity contribution in [1.82, 2.24) is 10.6 Å². The van der Waals surface area contributed by atoms with Gasteiger partial charge >= 0.3 is 0 Å². The molecule has 0 radical (unpaired) electrons. The monoisotopic (exact) mass is 550 g/mol. The van der Waals surface area contributed by atoms with Gasteiger partial charge in [0.05, 0.1) is 39.0 Å². The molecular formula is C31H38N2O7. The molecular weight excluding hydrogens is 512 g/mol. The number of ether oxygens (including phenoxy) is 3. The first kappa shape index (κ1) is 29.4. The van der Waals surface area contributed by atoms with E-state index in [1.54, 1.807) is 33.1 Å². The summed E-state index contributed by atoms with van der Waals surface area (Å²) in [6, 6.07) is 15.2. The molecule has 2 aromatic rings. The number of carbonyl (C=O) groups excluding carboxylic acids is 4. The fraction of sp³-hybridized carbons (Fsp3) is 0.484. The van der Waals surface area contributed by atoms with Crippen LogP contribution in [0.25, 0.3) is 0 Å². The Morgan fingerprint density at radius 3 is 2.20 bits per heavy atom. The van der Waals surface area contributed by atoms with Crippen molar-refractivity contribution < 1.29 is 33.4 Å². The molecule has 4 rings (SSSR count). The molecule has 0 spiro atoms. The maximum atomic E-state index is 13.7. The Bertz CT molecular complexity index is 1190. The summed E-state index contributed by atoms with van der Waals surface area (Å²) in [5.74, 6) is -0.953. The van der Waals surface area contributed by atoms with Crippen LogP contribution < -0.4 is 15.4 Å². The highest BCUT2D eigenvalue weighted by Gasteiger charge is 2.50. The van der Waals surface area contributed by atoms with E-state index in [4.69, 9.17) is 14.2 Å². The molecule has 9 nitrogen and oxygen atoms in total. The highest BCUT2D eigenvalue weighted by Crippen LogP contribution is 2.29. The van der Waals surface area contributed by atoms with E-state index in [0.29, 0.717) is 38.4 Å². The zero-order chi connectivity index (χ0) is 28.7. The van der Waals surface area contributed by atoms with E-state index < -0.39 is 29.5 Å². The number of carbonyl (C=O) groups is 4. The maximum Gasteiger partial charge on any atom is 0.224 e. The molecule has 0 aliphatic carbocycles. The summed E-state index contributed by atoms with van der Waals surface area (Å²) >= 11 is 0. The third-order valence-corrected chi connectivity index (χ3v) is 7.52. The number of benzene rings is 2. The highest BCUT2D eigenvalue weighted by molar-refractivity contribution is 5.98.